The van der Waals surface area contributed by atoms with Gasteiger partial charge in [-0.3, -0.25) is 14.7 Å². The number of nitrogens with zero attached hydrogens (tertiary/aromatic N) is 6. The highest BCUT2D eigenvalue weighted by Crippen LogP contribution is 2.34. The van der Waals surface area contributed by atoms with Crippen molar-refractivity contribution in [3.8, 4) is 33.8 Å². The normalized spacial score (nSPS) is 11.1. The minimum atomic E-state index is -4.00. The van der Waals surface area contributed by atoms with Crippen LogP contribution in [-0.4, -0.2) is 52.5 Å². The number of nitrogens with one attached hydrogen (secondary N) is 3. The topological polar surface area (TPSA) is 192 Å². The van der Waals surface area contributed by atoms with Crippen LogP contribution in [0.4, 0.5) is 38.8 Å². The summed E-state index contributed by atoms with van der Waals surface area (Å²) in [4.78, 5) is 25.6. The fraction of sp³-hybridized carbons (Fsp3) is 0.0435. The molecule has 9 aromatic rings. The Balaban J connectivity index is 0.000000184. The summed E-state index contributed by atoms with van der Waals surface area (Å²) < 4.78 is 51.8. The van der Waals surface area contributed by atoms with Gasteiger partial charge >= 0.3 is 0 Å². The first kappa shape index (κ1) is 43.0. The third-order valence-corrected chi connectivity index (χ3v) is 11.6. The predicted molar refractivity (Wildman–Crippen MR) is 250 cm³/mol. The van der Waals surface area contributed by atoms with E-state index >= 15 is 0 Å². The van der Waals surface area contributed by atoms with E-state index in [2.05, 4.69) is 45.3 Å². The molecule has 64 heavy (non-hydrogen) atoms. The van der Waals surface area contributed by atoms with Gasteiger partial charge in [0.1, 0.15) is 41.6 Å². The molecule has 5 N–H and O–H groups in total. The Morgan fingerprint density at radius 3 is 1.64 bits per heavy atom. The molecule has 0 atom stereocenters. The Morgan fingerprint density at radius 2 is 1.12 bits per heavy atom. The van der Waals surface area contributed by atoms with Crippen molar-refractivity contribution in [1.82, 2.24) is 29.9 Å². The van der Waals surface area contributed by atoms with Gasteiger partial charge in [-0.05, 0) is 102 Å². The zero-order chi connectivity index (χ0) is 44.8. The van der Waals surface area contributed by atoms with Gasteiger partial charge in [0.15, 0.2) is 0 Å². The number of methoxy groups -OCH3 is 2. The van der Waals surface area contributed by atoms with Crippen molar-refractivity contribution in [2.24, 2.45) is 0 Å². The summed E-state index contributed by atoms with van der Waals surface area (Å²) in [6.45, 7) is 0. The van der Waals surface area contributed by atoms with Crippen molar-refractivity contribution in [2.45, 2.75) is 4.90 Å². The molecule has 4 heterocycles. The molecule has 9 rings (SSSR count). The van der Waals surface area contributed by atoms with Gasteiger partial charge in [0.25, 0.3) is 10.0 Å². The van der Waals surface area contributed by atoms with Crippen LogP contribution >= 0.6 is 23.2 Å². The Morgan fingerprint density at radius 1 is 0.578 bits per heavy atom. The van der Waals surface area contributed by atoms with Crippen LogP contribution in [0.3, 0.4) is 0 Å². The summed E-state index contributed by atoms with van der Waals surface area (Å²) in [5.41, 5.74) is 13.1. The molecule has 320 valence electrons. The zero-order valence-corrected chi connectivity index (χ0v) is 36.1. The number of benzene rings is 5. The maximum absolute atomic E-state index is 13.5. The smallest absolute Gasteiger partial charge is 0.262 e. The molecule has 0 aliphatic carbocycles. The fourth-order valence-electron chi connectivity index (χ4n) is 6.55. The number of nitrogen functional groups attached to an aromatic ring is 1. The molecule has 4 aromatic heterocycles. The van der Waals surface area contributed by atoms with Crippen LogP contribution in [0.2, 0.25) is 10.0 Å². The van der Waals surface area contributed by atoms with Gasteiger partial charge < -0.3 is 25.8 Å². The van der Waals surface area contributed by atoms with Crippen LogP contribution in [0, 0.1) is 5.82 Å². The van der Waals surface area contributed by atoms with E-state index in [4.69, 9.17) is 38.4 Å². The van der Waals surface area contributed by atoms with Crippen molar-refractivity contribution < 1.29 is 22.3 Å². The summed E-state index contributed by atoms with van der Waals surface area (Å²) in [6.07, 6.45) is 9.37. The highest BCUT2D eigenvalue weighted by Gasteiger charge is 2.16. The van der Waals surface area contributed by atoms with E-state index in [-0.39, 0.29) is 10.6 Å². The van der Waals surface area contributed by atoms with E-state index in [1.54, 1.807) is 63.1 Å². The van der Waals surface area contributed by atoms with E-state index in [0.29, 0.717) is 55.6 Å². The SMILES string of the molecule is COc1ccc(Nc2ncnc3ccc(-c4cncc(N)c4)cc23)cc1Cl.COc1ccc(Nc2ncnc3ccc(-c4cncc(NS(=O)(=O)c5cccc(F)c5)c4)cc23)cc1Cl. The van der Waals surface area contributed by atoms with Crippen molar-refractivity contribution in [3.63, 3.8) is 0 Å². The van der Waals surface area contributed by atoms with E-state index in [1.807, 2.05) is 54.6 Å². The van der Waals surface area contributed by atoms with Gasteiger partial charge in [0, 0.05) is 51.9 Å². The highest BCUT2D eigenvalue weighted by atomic mass is 35.5. The second-order valence-corrected chi connectivity index (χ2v) is 16.4. The van der Waals surface area contributed by atoms with Crippen molar-refractivity contribution in [2.75, 3.05) is 35.3 Å². The summed E-state index contributed by atoms with van der Waals surface area (Å²) in [5, 5.41) is 9.14. The van der Waals surface area contributed by atoms with Crippen LogP contribution in [0.15, 0.2) is 152 Å². The van der Waals surface area contributed by atoms with Gasteiger partial charge in [-0.15, -0.1) is 0 Å². The number of nitrogens with two attached hydrogens (primary N) is 1. The van der Waals surface area contributed by atoms with Crippen molar-refractivity contribution >= 4 is 89.4 Å². The molecule has 5 aromatic carbocycles. The lowest BCUT2D eigenvalue weighted by Gasteiger charge is -2.12. The Kier molecular flexibility index (Phi) is 12.6. The van der Waals surface area contributed by atoms with Crippen LogP contribution in [0.5, 0.6) is 11.5 Å². The average molecular weight is 914 g/mol. The lowest BCUT2D eigenvalue weighted by atomic mass is 10.0. The first-order chi connectivity index (χ1) is 31.0. The number of fused-ring (bicyclic) bond motifs is 2. The molecule has 14 nitrogen and oxygen atoms in total. The molecular formula is C46H35Cl2FN10O4S. The van der Waals surface area contributed by atoms with Crippen molar-refractivity contribution in [3.05, 3.63) is 162 Å². The maximum Gasteiger partial charge on any atom is 0.262 e. The molecule has 18 heteroatoms. The molecule has 0 spiro atoms. The van der Waals surface area contributed by atoms with E-state index in [0.717, 1.165) is 44.7 Å². The quantitative estimate of drug-likeness (QED) is 0.0959. The maximum atomic E-state index is 13.5. The van der Waals surface area contributed by atoms with E-state index in [9.17, 15) is 12.8 Å². The summed E-state index contributed by atoms with van der Waals surface area (Å²) >= 11 is 12.5. The molecule has 0 bridgehead atoms. The monoisotopic (exact) mass is 912 g/mol. The van der Waals surface area contributed by atoms with E-state index in [1.165, 1.54) is 37.1 Å². The standard InChI is InChI=1S/C26H19ClFN5O3S.C20H16ClN5O/c1-36-25-8-6-19(12-23(25)27)32-26-22-10-16(5-7-24(22)30-15-31-26)17-9-20(14-29-13-17)33-37(34,35)21-4-2-3-18(28)11-21;1-27-19-5-3-15(8-17(19)21)26-20-16-7-12(2-4-18(16)24-11-25-20)13-6-14(22)10-23-9-13/h2-15,33H,1H3,(H,30,31,32);2-11H,22H2,1H3,(H,24,25,26). The van der Waals surface area contributed by atoms with Crippen LogP contribution < -0.4 is 30.6 Å². The molecular weight excluding hydrogens is 879 g/mol. The molecule has 0 aliphatic heterocycles. The highest BCUT2D eigenvalue weighted by molar-refractivity contribution is 7.92. The Labute approximate surface area is 376 Å². The molecule has 0 amide bonds. The van der Waals surface area contributed by atoms with Crippen LogP contribution in [0.1, 0.15) is 0 Å². The third kappa shape index (κ3) is 9.84. The number of anilines is 6. The number of sulfonamides is 1. The average Bonchev–Trinajstić information content (AvgIpc) is 3.29. The lowest BCUT2D eigenvalue weighted by Crippen LogP contribution is -2.13. The minimum Gasteiger partial charge on any atom is -0.495 e. The first-order valence-corrected chi connectivity index (χ1v) is 21.4. The number of ether oxygens (including phenoxy) is 2. The van der Waals surface area contributed by atoms with E-state index < -0.39 is 15.8 Å². The first-order valence-electron chi connectivity index (χ1n) is 19.1. The number of rotatable bonds is 11. The van der Waals surface area contributed by atoms with Gasteiger partial charge in [-0.2, -0.15) is 0 Å². The van der Waals surface area contributed by atoms with Gasteiger partial charge in [-0.25, -0.2) is 32.7 Å². The zero-order valence-electron chi connectivity index (χ0n) is 33.8. The number of halogens is 3. The summed E-state index contributed by atoms with van der Waals surface area (Å²) in [5.74, 6) is 1.77. The van der Waals surface area contributed by atoms with Gasteiger partial charge in [-0.1, -0.05) is 41.4 Å². The molecule has 0 unspecified atom stereocenters. The number of hydrogen-bond donors (Lipinski definition) is 4. The second kappa shape index (κ2) is 18.8. The van der Waals surface area contributed by atoms with Crippen LogP contribution in [-0.2, 0) is 10.0 Å². The fourth-order valence-corrected chi connectivity index (χ4v) is 8.13. The molecule has 0 fully saturated rings. The second-order valence-electron chi connectivity index (χ2n) is 13.9. The third-order valence-electron chi connectivity index (χ3n) is 9.62. The number of pyridine rings is 2. The summed E-state index contributed by atoms with van der Waals surface area (Å²) in [7, 11) is -0.871. The van der Waals surface area contributed by atoms with Crippen molar-refractivity contribution in [1.29, 1.82) is 0 Å². The number of aromatic nitrogens is 6. The molecule has 0 saturated carbocycles. The Bertz CT molecular complexity index is 3290. The van der Waals surface area contributed by atoms with Gasteiger partial charge in [0.2, 0.25) is 0 Å². The van der Waals surface area contributed by atoms with Crippen LogP contribution in [0.25, 0.3) is 44.1 Å². The molecule has 0 aliphatic rings. The Hall–Kier alpha value is -7.66. The number of hydrogen-bond acceptors (Lipinski definition) is 13. The largest absolute Gasteiger partial charge is 0.495 e. The molecule has 0 radical (unpaired) electrons. The summed E-state index contributed by atoms with van der Waals surface area (Å²) in [6, 6.07) is 30.6. The van der Waals surface area contributed by atoms with Gasteiger partial charge in [0.05, 0.1) is 57.8 Å². The lowest BCUT2D eigenvalue weighted by molar-refractivity contribution is 0.415. The minimum absolute atomic E-state index is 0.185. The predicted octanol–water partition coefficient (Wildman–Crippen LogP) is 10.7. The molecule has 0 saturated heterocycles.